The standard InChI is InChI=1S/C26H43N3O4/c1-20(2)29(19-23-17-27-16-22(23)18-28-11-6-5-7-12-28)26(30)21-9-10-24(32-4)25(15-21)33-14-8-13-31-3/h9-10,15,20,22-23,27H,5-8,11-14,16-19H2,1-4H3/t22-,23+/m1/s1. The van der Waals surface area contributed by atoms with Crippen molar-refractivity contribution in [2.24, 2.45) is 11.8 Å². The van der Waals surface area contributed by atoms with Crippen LogP contribution in [0.2, 0.25) is 0 Å². The molecule has 7 heteroatoms. The van der Waals surface area contributed by atoms with Gasteiger partial charge in [-0.1, -0.05) is 6.42 Å². The largest absolute Gasteiger partial charge is 0.493 e. The summed E-state index contributed by atoms with van der Waals surface area (Å²) in [4.78, 5) is 18.2. The highest BCUT2D eigenvalue weighted by Gasteiger charge is 2.33. The normalized spacial score (nSPS) is 21.4. The summed E-state index contributed by atoms with van der Waals surface area (Å²) in [6.07, 6.45) is 4.77. The molecule has 2 heterocycles. The monoisotopic (exact) mass is 461 g/mol. The van der Waals surface area contributed by atoms with E-state index in [-0.39, 0.29) is 11.9 Å². The van der Waals surface area contributed by atoms with Gasteiger partial charge in [0, 0.05) is 51.4 Å². The molecule has 2 atom stereocenters. The number of nitrogens with one attached hydrogen (secondary N) is 1. The number of rotatable bonds is 12. The minimum Gasteiger partial charge on any atom is -0.493 e. The first-order valence-electron chi connectivity index (χ1n) is 12.6. The minimum absolute atomic E-state index is 0.0537. The lowest BCUT2D eigenvalue weighted by Gasteiger charge is -2.34. The van der Waals surface area contributed by atoms with E-state index in [4.69, 9.17) is 14.2 Å². The van der Waals surface area contributed by atoms with Crippen LogP contribution in [-0.4, -0.2) is 88.5 Å². The van der Waals surface area contributed by atoms with Crippen LogP contribution in [0.3, 0.4) is 0 Å². The molecule has 0 spiro atoms. The van der Waals surface area contributed by atoms with Gasteiger partial charge in [0.1, 0.15) is 0 Å². The average molecular weight is 462 g/mol. The zero-order valence-corrected chi connectivity index (χ0v) is 21.0. The lowest BCUT2D eigenvalue weighted by molar-refractivity contribution is 0.0648. The van der Waals surface area contributed by atoms with E-state index in [1.54, 1.807) is 14.2 Å². The van der Waals surface area contributed by atoms with Crippen LogP contribution in [0.15, 0.2) is 18.2 Å². The third kappa shape index (κ3) is 7.33. The summed E-state index contributed by atoms with van der Waals surface area (Å²) in [6.45, 7) is 11.7. The van der Waals surface area contributed by atoms with Crippen molar-refractivity contribution >= 4 is 5.91 Å². The van der Waals surface area contributed by atoms with Crippen molar-refractivity contribution < 1.29 is 19.0 Å². The molecule has 186 valence electrons. The van der Waals surface area contributed by atoms with E-state index in [0.717, 1.165) is 32.6 Å². The second-order valence-corrected chi connectivity index (χ2v) is 9.65. The third-order valence-electron chi connectivity index (χ3n) is 6.90. The minimum atomic E-state index is 0.0537. The first-order chi connectivity index (χ1) is 16.0. The Morgan fingerprint density at radius 2 is 1.85 bits per heavy atom. The van der Waals surface area contributed by atoms with E-state index < -0.39 is 0 Å². The van der Waals surface area contributed by atoms with Crippen LogP contribution in [0, 0.1) is 11.8 Å². The van der Waals surface area contributed by atoms with E-state index in [1.807, 2.05) is 23.1 Å². The molecule has 33 heavy (non-hydrogen) atoms. The number of piperidine rings is 1. The van der Waals surface area contributed by atoms with E-state index >= 15 is 0 Å². The molecule has 0 bridgehead atoms. The van der Waals surface area contributed by atoms with Gasteiger partial charge in [0.25, 0.3) is 5.91 Å². The summed E-state index contributed by atoms with van der Waals surface area (Å²) in [6, 6.07) is 5.62. The predicted octanol–water partition coefficient (Wildman–Crippen LogP) is 3.28. The Labute approximate surface area is 199 Å². The number of carbonyl (C=O) groups is 1. The van der Waals surface area contributed by atoms with Gasteiger partial charge in [0.2, 0.25) is 0 Å². The Balaban J connectivity index is 1.67. The van der Waals surface area contributed by atoms with Crippen LogP contribution in [0.1, 0.15) is 49.9 Å². The maximum absolute atomic E-state index is 13.6. The Hall–Kier alpha value is -1.83. The van der Waals surface area contributed by atoms with Crippen LogP contribution in [0.5, 0.6) is 11.5 Å². The van der Waals surface area contributed by atoms with Gasteiger partial charge in [-0.05, 0) is 76.4 Å². The number of benzene rings is 1. The molecule has 1 aromatic rings. The Morgan fingerprint density at radius 3 is 2.55 bits per heavy atom. The van der Waals surface area contributed by atoms with Crippen LogP contribution in [-0.2, 0) is 4.74 Å². The molecule has 0 aromatic heterocycles. The molecule has 0 radical (unpaired) electrons. The highest BCUT2D eigenvalue weighted by Crippen LogP contribution is 2.30. The fourth-order valence-electron chi connectivity index (χ4n) is 4.94. The van der Waals surface area contributed by atoms with E-state index in [2.05, 4.69) is 24.1 Å². The van der Waals surface area contributed by atoms with Crippen LogP contribution >= 0.6 is 0 Å². The molecule has 0 aliphatic carbocycles. The second-order valence-electron chi connectivity index (χ2n) is 9.65. The van der Waals surface area contributed by atoms with Gasteiger partial charge >= 0.3 is 0 Å². The molecule has 2 saturated heterocycles. The number of ether oxygens (including phenoxy) is 3. The molecule has 7 nitrogen and oxygen atoms in total. The number of carbonyl (C=O) groups excluding carboxylic acids is 1. The molecule has 1 aromatic carbocycles. The van der Waals surface area contributed by atoms with Crippen LogP contribution in [0.25, 0.3) is 0 Å². The molecule has 0 unspecified atom stereocenters. The molecule has 0 saturated carbocycles. The molecule has 2 fully saturated rings. The van der Waals surface area contributed by atoms with E-state index in [9.17, 15) is 4.79 Å². The first-order valence-corrected chi connectivity index (χ1v) is 12.6. The van der Waals surface area contributed by atoms with Crippen molar-refractivity contribution in [1.82, 2.24) is 15.1 Å². The summed E-state index contributed by atoms with van der Waals surface area (Å²) in [5.41, 5.74) is 0.643. The Bertz CT molecular complexity index is 736. The number of nitrogens with zero attached hydrogens (tertiary/aromatic N) is 2. The highest BCUT2D eigenvalue weighted by molar-refractivity contribution is 5.95. The van der Waals surface area contributed by atoms with Crippen molar-refractivity contribution in [3.05, 3.63) is 23.8 Å². The first kappa shape index (κ1) is 25.8. The summed E-state index contributed by atoms with van der Waals surface area (Å²) in [5.74, 6) is 2.36. The van der Waals surface area contributed by atoms with Gasteiger partial charge in [-0.3, -0.25) is 4.79 Å². The van der Waals surface area contributed by atoms with Crippen molar-refractivity contribution in [1.29, 1.82) is 0 Å². The quantitative estimate of drug-likeness (QED) is 0.482. The molecule has 1 N–H and O–H groups in total. The van der Waals surface area contributed by atoms with Crippen LogP contribution < -0.4 is 14.8 Å². The van der Waals surface area contributed by atoms with Gasteiger partial charge in [-0.15, -0.1) is 0 Å². The highest BCUT2D eigenvalue weighted by atomic mass is 16.5. The van der Waals surface area contributed by atoms with E-state index in [0.29, 0.717) is 42.1 Å². The molecular weight excluding hydrogens is 418 g/mol. The Kier molecular flexibility index (Phi) is 10.3. The fourth-order valence-corrected chi connectivity index (χ4v) is 4.94. The molecule has 2 aliphatic heterocycles. The van der Waals surface area contributed by atoms with Crippen LogP contribution in [0.4, 0.5) is 0 Å². The van der Waals surface area contributed by atoms with Crippen molar-refractivity contribution in [3.8, 4) is 11.5 Å². The SMILES string of the molecule is COCCCOc1cc(C(=O)N(C[C@@H]2CNC[C@@H]2CN2CCCCC2)C(C)C)ccc1OC. The number of methoxy groups -OCH3 is 2. The van der Waals surface area contributed by atoms with Gasteiger partial charge in [-0.25, -0.2) is 0 Å². The zero-order chi connectivity index (χ0) is 23.6. The lowest BCUT2D eigenvalue weighted by atomic mass is 9.93. The van der Waals surface area contributed by atoms with Crippen molar-refractivity contribution in [2.45, 2.75) is 45.6 Å². The molecular formula is C26H43N3O4. The summed E-state index contributed by atoms with van der Waals surface area (Å²) in [5, 5.41) is 3.58. The number of hydrogen-bond donors (Lipinski definition) is 1. The molecule has 2 aliphatic rings. The van der Waals surface area contributed by atoms with Gasteiger partial charge in [0.05, 0.1) is 13.7 Å². The molecule has 3 rings (SSSR count). The average Bonchev–Trinajstić information content (AvgIpc) is 3.26. The smallest absolute Gasteiger partial charge is 0.254 e. The molecule has 1 amide bonds. The van der Waals surface area contributed by atoms with Gasteiger partial charge < -0.3 is 29.3 Å². The number of amides is 1. The van der Waals surface area contributed by atoms with Gasteiger partial charge in [-0.2, -0.15) is 0 Å². The zero-order valence-electron chi connectivity index (χ0n) is 21.0. The summed E-state index contributed by atoms with van der Waals surface area (Å²) < 4.78 is 16.4. The summed E-state index contributed by atoms with van der Waals surface area (Å²) in [7, 11) is 3.30. The van der Waals surface area contributed by atoms with Crippen molar-refractivity contribution in [3.63, 3.8) is 0 Å². The maximum Gasteiger partial charge on any atom is 0.254 e. The van der Waals surface area contributed by atoms with E-state index in [1.165, 1.54) is 32.4 Å². The second kappa shape index (κ2) is 13.2. The fraction of sp³-hybridized carbons (Fsp3) is 0.731. The summed E-state index contributed by atoms with van der Waals surface area (Å²) >= 11 is 0. The topological polar surface area (TPSA) is 63.3 Å². The maximum atomic E-state index is 13.6. The lowest BCUT2D eigenvalue weighted by Crippen LogP contribution is -2.44. The van der Waals surface area contributed by atoms with Crippen molar-refractivity contribution in [2.75, 3.05) is 66.7 Å². The van der Waals surface area contributed by atoms with Gasteiger partial charge in [0.15, 0.2) is 11.5 Å². The Morgan fingerprint density at radius 1 is 1.09 bits per heavy atom. The third-order valence-corrected chi connectivity index (χ3v) is 6.90. The number of likely N-dealkylation sites (tertiary alicyclic amines) is 1. The number of hydrogen-bond acceptors (Lipinski definition) is 6. The predicted molar refractivity (Wildman–Crippen MR) is 131 cm³/mol.